The van der Waals surface area contributed by atoms with Crippen molar-refractivity contribution in [2.24, 2.45) is 0 Å². The largest absolute Gasteiger partial charge is 0.495 e. The second-order valence-electron chi connectivity index (χ2n) is 7.59. The first kappa shape index (κ1) is 24.2. The lowest BCUT2D eigenvalue weighted by molar-refractivity contribution is -0.118. The van der Waals surface area contributed by atoms with E-state index >= 15 is 0 Å². The maximum Gasteiger partial charge on any atom is 0.262 e. The molecule has 0 aromatic heterocycles. The monoisotopic (exact) mass is 532 g/mol. The molecular weight excluding hydrogens is 508 g/mol. The number of anilines is 2. The second-order valence-corrected chi connectivity index (χ2v) is 8.45. The van der Waals surface area contributed by atoms with Crippen LogP contribution in [-0.4, -0.2) is 19.6 Å². The molecule has 0 unspecified atom stereocenters. The topological polar surface area (TPSA) is 68.8 Å². The molecule has 0 aliphatic heterocycles. The Morgan fingerprint density at radius 2 is 1.54 bits per heavy atom. The van der Waals surface area contributed by atoms with E-state index in [0.717, 1.165) is 27.2 Å². The zero-order chi connectivity index (χ0) is 24.5. The Morgan fingerprint density at radius 3 is 2.29 bits per heavy atom. The van der Waals surface area contributed by atoms with Crippen molar-refractivity contribution in [1.82, 2.24) is 0 Å². The van der Waals surface area contributed by atoms with Crippen molar-refractivity contribution >= 4 is 33.2 Å². The lowest BCUT2D eigenvalue weighted by Gasteiger charge is -2.13. The highest BCUT2D eigenvalue weighted by atomic mass is 79.9. The van der Waals surface area contributed by atoms with Crippen molar-refractivity contribution in [3.63, 3.8) is 0 Å². The average molecular weight is 533 g/mol. The molecule has 0 radical (unpaired) electrons. The highest BCUT2D eigenvalue weighted by molar-refractivity contribution is 9.10. The summed E-state index contributed by atoms with van der Waals surface area (Å²) in [5, 5.41) is 6.19. The van der Waals surface area contributed by atoms with E-state index in [9.17, 15) is 4.79 Å². The van der Waals surface area contributed by atoms with Crippen molar-refractivity contribution < 1.29 is 19.0 Å². The maximum absolute atomic E-state index is 12.3. The first-order valence-corrected chi connectivity index (χ1v) is 11.8. The van der Waals surface area contributed by atoms with Crippen LogP contribution in [0.3, 0.4) is 0 Å². The minimum Gasteiger partial charge on any atom is -0.495 e. The summed E-state index contributed by atoms with van der Waals surface area (Å²) in [5.41, 5.74) is 2.64. The Labute approximate surface area is 213 Å². The number of benzene rings is 4. The van der Waals surface area contributed by atoms with E-state index in [2.05, 4.69) is 26.6 Å². The number of nitrogens with one attached hydrogen (secondary N) is 2. The van der Waals surface area contributed by atoms with Gasteiger partial charge in [0.05, 0.1) is 17.3 Å². The highest BCUT2D eigenvalue weighted by Crippen LogP contribution is 2.28. The van der Waals surface area contributed by atoms with Gasteiger partial charge in [-0.15, -0.1) is 0 Å². The minimum absolute atomic E-state index is 0.119. The van der Waals surface area contributed by atoms with E-state index in [1.807, 2.05) is 84.9 Å². The van der Waals surface area contributed by atoms with E-state index in [1.54, 1.807) is 19.2 Å². The zero-order valence-electron chi connectivity index (χ0n) is 19.2. The molecule has 1 amide bonds. The number of rotatable bonds is 10. The molecule has 6 nitrogen and oxygen atoms in total. The highest BCUT2D eigenvalue weighted by Gasteiger charge is 2.10. The van der Waals surface area contributed by atoms with Crippen molar-refractivity contribution in [2.75, 3.05) is 24.4 Å². The molecule has 0 atom stereocenters. The van der Waals surface area contributed by atoms with Crippen LogP contribution >= 0.6 is 15.9 Å². The summed E-state index contributed by atoms with van der Waals surface area (Å²) in [7, 11) is 1.56. The third-order valence-corrected chi connectivity index (χ3v) is 5.69. The molecule has 2 N–H and O–H groups in total. The smallest absolute Gasteiger partial charge is 0.262 e. The first-order chi connectivity index (χ1) is 17.1. The van der Waals surface area contributed by atoms with Crippen LogP contribution < -0.4 is 24.8 Å². The van der Waals surface area contributed by atoms with Crippen molar-refractivity contribution in [1.29, 1.82) is 0 Å². The molecule has 0 aliphatic rings. The summed E-state index contributed by atoms with van der Waals surface area (Å²) in [6, 6.07) is 30.5. The summed E-state index contributed by atoms with van der Waals surface area (Å²) in [5.74, 6) is 2.49. The maximum atomic E-state index is 12.3. The molecule has 0 saturated carbocycles. The summed E-state index contributed by atoms with van der Waals surface area (Å²) in [6.45, 7) is 0.512. The number of amides is 1. The van der Waals surface area contributed by atoms with Gasteiger partial charge >= 0.3 is 0 Å². The Balaban J connectivity index is 1.27. The number of methoxy groups -OCH3 is 1. The number of ether oxygens (including phenoxy) is 3. The van der Waals surface area contributed by atoms with Crippen LogP contribution in [0.2, 0.25) is 0 Å². The van der Waals surface area contributed by atoms with Crippen molar-refractivity contribution in [3.8, 4) is 23.0 Å². The molecule has 4 aromatic rings. The van der Waals surface area contributed by atoms with Gasteiger partial charge in [-0.2, -0.15) is 0 Å². The molecular formula is C28H25BrN2O4. The Kier molecular flexibility index (Phi) is 8.25. The van der Waals surface area contributed by atoms with Gasteiger partial charge in [0, 0.05) is 12.2 Å². The Morgan fingerprint density at radius 1 is 0.829 bits per heavy atom. The molecule has 4 aromatic carbocycles. The van der Waals surface area contributed by atoms with Gasteiger partial charge in [0.2, 0.25) is 0 Å². The Hall–Kier alpha value is -3.97. The quantitative estimate of drug-likeness (QED) is 0.233. The number of halogens is 1. The summed E-state index contributed by atoms with van der Waals surface area (Å²) in [4.78, 5) is 12.3. The minimum atomic E-state index is -0.271. The van der Waals surface area contributed by atoms with Crippen LogP contribution in [0, 0.1) is 0 Å². The molecule has 7 heteroatoms. The van der Waals surface area contributed by atoms with Crippen LogP contribution in [-0.2, 0) is 11.3 Å². The van der Waals surface area contributed by atoms with Gasteiger partial charge in [0.1, 0.15) is 23.0 Å². The molecule has 178 valence electrons. The summed E-state index contributed by atoms with van der Waals surface area (Å²) >= 11 is 3.53. The predicted octanol–water partition coefficient (Wildman–Crippen LogP) is 6.88. The van der Waals surface area contributed by atoms with E-state index in [0.29, 0.717) is 23.7 Å². The molecule has 0 heterocycles. The number of para-hydroxylation sites is 3. The number of carbonyl (C=O) groups excluding carboxylic acids is 1. The summed E-state index contributed by atoms with van der Waals surface area (Å²) < 4.78 is 17.5. The SMILES string of the molecule is COc1ccccc1NC(=O)COc1ccc(CNc2ccc(Oc3ccccc3)cc2)cc1Br. The fraction of sp³-hybridized carbons (Fsp3) is 0.107. The summed E-state index contributed by atoms with van der Waals surface area (Å²) in [6.07, 6.45) is 0. The van der Waals surface area contributed by atoms with E-state index in [-0.39, 0.29) is 12.5 Å². The fourth-order valence-electron chi connectivity index (χ4n) is 3.32. The molecule has 0 saturated heterocycles. The number of hydrogen-bond acceptors (Lipinski definition) is 5. The molecule has 0 spiro atoms. The lowest BCUT2D eigenvalue weighted by atomic mass is 10.2. The Bertz CT molecular complexity index is 1260. The van der Waals surface area contributed by atoms with E-state index in [4.69, 9.17) is 14.2 Å². The molecule has 0 bridgehead atoms. The third kappa shape index (κ3) is 7.01. The van der Waals surface area contributed by atoms with Crippen LogP contribution in [0.4, 0.5) is 11.4 Å². The third-order valence-electron chi connectivity index (χ3n) is 5.07. The van der Waals surface area contributed by atoms with E-state index < -0.39 is 0 Å². The molecule has 4 rings (SSSR count). The lowest BCUT2D eigenvalue weighted by Crippen LogP contribution is -2.20. The molecule has 35 heavy (non-hydrogen) atoms. The first-order valence-electron chi connectivity index (χ1n) is 11.0. The predicted molar refractivity (Wildman–Crippen MR) is 142 cm³/mol. The molecule has 0 fully saturated rings. The standard InChI is InChI=1S/C28H25BrN2O4/c1-33-27-10-6-5-9-25(27)31-28(32)19-34-26-16-11-20(17-24(26)29)18-30-21-12-14-23(15-13-21)35-22-7-3-2-4-8-22/h2-17,30H,18-19H2,1H3,(H,31,32). The van der Waals surface area contributed by atoms with Gasteiger partial charge in [-0.05, 0) is 82.2 Å². The van der Waals surface area contributed by atoms with Gasteiger partial charge in [-0.1, -0.05) is 36.4 Å². The van der Waals surface area contributed by atoms with Gasteiger partial charge in [-0.25, -0.2) is 0 Å². The average Bonchev–Trinajstić information content (AvgIpc) is 2.88. The van der Waals surface area contributed by atoms with E-state index in [1.165, 1.54) is 0 Å². The van der Waals surface area contributed by atoms with Gasteiger partial charge in [0.15, 0.2) is 6.61 Å². The second kappa shape index (κ2) is 11.9. The fourth-order valence-corrected chi connectivity index (χ4v) is 3.86. The zero-order valence-corrected chi connectivity index (χ0v) is 20.7. The van der Waals surface area contributed by atoms with Gasteiger partial charge in [-0.3, -0.25) is 4.79 Å². The van der Waals surface area contributed by atoms with Crippen molar-refractivity contribution in [2.45, 2.75) is 6.54 Å². The van der Waals surface area contributed by atoms with Crippen LogP contribution in [0.15, 0.2) is 102 Å². The molecule has 0 aliphatic carbocycles. The van der Waals surface area contributed by atoms with Crippen molar-refractivity contribution in [3.05, 3.63) is 107 Å². The van der Waals surface area contributed by atoms with Gasteiger partial charge in [0.25, 0.3) is 5.91 Å². The number of hydrogen-bond donors (Lipinski definition) is 2. The normalized spacial score (nSPS) is 10.3. The number of carbonyl (C=O) groups is 1. The van der Waals surface area contributed by atoms with Gasteiger partial charge < -0.3 is 24.8 Å². The van der Waals surface area contributed by atoms with Crippen LogP contribution in [0.1, 0.15) is 5.56 Å². The van der Waals surface area contributed by atoms with Crippen LogP contribution in [0.5, 0.6) is 23.0 Å². The van der Waals surface area contributed by atoms with Crippen LogP contribution in [0.25, 0.3) is 0 Å².